The van der Waals surface area contributed by atoms with E-state index in [0.717, 1.165) is 50.6 Å². The molecule has 0 aromatic heterocycles. The summed E-state index contributed by atoms with van der Waals surface area (Å²) in [5, 5.41) is 3.42. The van der Waals surface area contributed by atoms with E-state index in [1.165, 1.54) is 12.0 Å². The van der Waals surface area contributed by atoms with Crippen molar-refractivity contribution >= 4 is 0 Å². The van der Waals surface area contributed by atoms with Crippen molar-refractivity contribution in [3.05, 3.63) is 23.8 Å². The minimum atomic E-state index is 0.645. The molecule has 4 heteroatoms. The van der Waals surface area contributed by atoms with Crippen molar-refractivity contribution in [3.8, 4) is 11.5 Å². The molecule has 1 aromatic carbocycles. The van der Waals surface area contributed by atoms with Crippen LogP contribution in [0.4, 0.5) is 0 Å². The van der Waals surface area contributed by atoms with Crippen LogP contribution in [0.2, 0.25) is 0 Å². The third-order valence-corrected chi connectivity index (χ3v) is 3.14. The van der Waals surface area contributed by atoms with Gasteiger partial charge in [-0.15, -0.1) is 0 Å². The standard InChI is InChI=1S/C17H29NO3/c1-4-6-11-20-12-7-10-18-14-15-8-9-16(21-5-2)17(13-15)19-3/h8-9,13,18H,4-7,10-12,14H2,1-3H3. The molecule has 0 radical (unpaired) electrons. The second-order valence-corrected chi connectivity index (χ2v) is 4.91. The SMILES string of the molecule is CCCCOCCCNCc1ccc(OCC)c(OC)c1. The number of rotatable bonds is 12. The summed E-state index contributed by atoms with van der Waals surface area (Å²) < 4.78 is 16.4. The third kappa shape index (κ3) is 7.34. The van der Waals surface area contributed by atoms with Crippen LogP contribution in [0.15, 0.2) is 18.2 Å². The maximum Gasteiger partial charge on any atom is 0.161 e. The van der Waals surface area contributed by atoms with E-state index in [4.69, 9.17) is 14.2 Å². The number of unbranched alkanes of at least 4 members (excludes halogenated alkanes) is 1. The number of methoxy groups -OCH3 is 1. The minimum Gasteiger partial charge on any atom is -0.493 e. The predicted octanol–water partition coefficient (Wildman–Crippen LogP) is 3.39. The molecule has 0 bridgehead atoms. The maximum absolute atomic E-state index is 5.53. The fraction of sp³-hybridized carbons (Fsp3) is 0.647. The highest BCUT2D eigenvalue weighted by molar-refractivity contribution is 5.42. The van der Waals surface area contributed by atoms with Gasteiger partial charge in [-0.05, 0) is 44.0 Å². The quantitative estimate of drug-likeness (QED) is 0.600. The molecule has 4 nitrogen and oxygen atoms in total. The highest BCUT2D eigenvalue weighted by Crippen LogP contribution is 2.27. The van der Waals surface area contributed by atoms with Crippen LogP contribution in [-0.4, -0.2) is 33.5 Å². The lowest BCUT2D eigenvalue weighted by molar-refractivity contribution is 0.129. The second kappa shape index (κ2) is 11.4. The van der Waals surface area contributed by atoms with Crippen LogP contribution < -0.4 is 14.8 Å². The van der Waals surface area contributed by atoms with E-state index in [9.17, 15) is 0 Å². The summed E-state index contributed by atoms with van der Waals surface area (Å²) in [4.78, 5) is 0. The van der Waals surface area contributed by atoms with Gasteiger partial charge in [0, 0.05) is 19.8 Å². The molecule has 1 N–H and O–H groups in total. The van der Waals surface area contributed by atoms with Crippen LogP contribution in [0, 0.1) is 0 Å². The number of nitrogens with one attached hydrogen (secondary N) is 1. The summed E-state index contributed by atoms with van der Waals surface area (Å²) in [5.74, 6) is 1.59. The van der Waals surface area contributed by atoms with Gasteiger partial charge < -0.3 is 19.5 Å². The van der Waals surface area contributed by atoms with Crippen molar-refractivity contribution in [1.82, 2.24) is 5.32 Å². The smallest absolute Gasteiger partial charge is 0.161 e. The third-order valence-electron chi connectivity index (χ3n) is 3.14. The first kappa shape index (κ1) is 17.8. The van der Waals surface area contributed by atoms with E-state index >= 15 is 0 Å². The molecular formula is C17H29NO3. The summed E-state index contributed by atoms with van der Waals surface area (Å²) in [6, 6.07) is 6.06. The van der Waals surface area contributed by atoms with Gasteiger partial charge in [0.25, 0.3) is 0 Å². The normalized spacial score (nSPS) is 10.6. The first-order valence-corrected chi connectivity index (χ1v) is 7.90. The van der Waals surface area contributed by atoms with E-state index in [2.05, 4.69) is 18.3 Å². The molecule has 0 spiro atoms. The van der Waals surface area contributed by atoms with Gasteiger partial charge in [-0.2, -0.15) is 0 Å². The maximum atomic E-state index is 5.53. The molecular weight excluding hydrogens is 266 g/mol. The largest absolute Gasteiger partial charge is 0.493 e. The minimum absolute atomic E-state index is 0.645. The van der Waals surface area contributed by atoms with Crippen LogP contribution in [0.3, 0.4) is 0 Å². The summed E-state index contributed by atoms with van der Waals surface area (Å²) in [6.45, 7) is 8.30. The second-order valence-electron chi connectivity index (χ2n) is 4.91. The van der Waals surface area contributed by atoms with Gasteiger partial charge >= 0.3 is 0 Å². The lowest BCUT2D eigenvalue weighted by Gasteiger charge is -2.11. The number of hydrogen-bond donors (Lipinski definition) is 1. The van der Waals surface area contributed by atoms with Crippen LogP contribution in [-0.2, 0) is 11.3 Å². The van der Waals surface area contributed by atoms with E-state index in [1.54, 1.807) is 7.11 Å². The summed E-state index contributed by atoms with van der Waals surface area (Å²) >= 11 is 0. The van der Waals surface area contributed by atoms with Gasteiger partial charge in [-0.3, -0.25) is 0 Å². The highest BCUT2D eigenvalue weighted by atomic mass is 16.5. The zero-order chi connectivity index (χ0) is 15.3. The van der Waals surface area contributed by atoms with Crippen LogP contribution in [0.1, 0.15) is 38.7 Å². The average Bonchev–Trinajstić information content (AvgIpc) is 2.51. The van der Waals surface area contributed by atoms with Gasteiger partial charge in [0.2, 0.25) is 0 Å². The molecule has 0 unspecified atom stereocenters. The van der Waals surface area contributed by atoms with Gasteiger partial charge in [0.15, 0.2) is 11.5 Å². The Bertz CT molecular complexity index is 382. The van der Waals surface area contributed by atoms with Crippen LogP contribution >= 0.6 is 0 Å². The Morgan fingerprint density at radius 1 is 1.05 bits per heavy atom. The molecule has 0 aliphatic rings. The number of benzene rings is 1. The Morgan fingerprint density at radius 2 is 1.86 bits per heavy atom. The number of hydrogen-bond acceptors (Lipinski definition) is 4. The monoisotopic (exact) mass is 295 g/mol. The van der Waals surface area contributed by atoms with Crippen molar-refractivity contribution in [2.75, 3.05) is 33.5 Å². The van der Waals surface area contributed by atoms with E-state index in [0.29, 0.717) is 6.61 Å². The van der Waals surface area contributed by atoms with Crippen molar-refractivity contribution < 1.29 is 14.2 Å². The number of ether oxygens (including phenoxy) is 3. The van der Waals surface area contributed by atoms with Gasteiger partial charge in [0.1, 0.15) is 0 Å². The Morgan fingerprint density at radius 3 is 2.57 bits per heavy atom. The zero-order valence-electron chi connectivity index (χ0n) is 13.6. The van der Waals surface area contributed by atoms with E-state index in [-0.39, 0.29) is 0 Å². The topological polar surface area (TPSA) is 39.7 Å². The zero-order valence-corrected chi connectivity index (χ0v) is 13.6. The summed E-state index contributed by atoms with van der Waals surface area (Å²) in [6.07, 6.45) is 3.38. The lowest BCUT2D eigenvalue weighted by atomic mass is 10.2. The molecule has 0 atom stereocenters. The van der Waals surface area contributed by atoms with Crippen LogP contribution in [0.25, 0.3) is 0 Å². The molecule has 0 aliphatic heterocycles. The highest BCUT2D eigenvalue weighted by Gasteiger charge is 2.04. The first-order chi connectivity index (χ1) is 10.3. The average molecular weight is 295 g/mol. The van der Waals surface area contributed by atoms with E-state index in [1.807, 2.05) is 19.1 Å². The first-order valence-electron chi connectivity index (χ1n) is 7.90. The summed E-state index contributed by atoms with van der Waals surface area (Å²) in [7, 11) is 1.67. The summed E-state index contributed by atoms with van der Waals surface area (Å²) in [5.41, 5.74) is 1.20. The molecule has 21 heavy (non-hydrogen) atoms. The fourth-order valence-corrected chi connectivity index (χ4v) is 1.98. The van der Waals surface area contributed by atoms with Crippen molar-refractivity contribution in [3.63, 3.8) is 0 Å². The molecule has 1 aromatic rings. The van der Waals surface area contributed by atoms with Crippen molar-refractivity contribution in [2.45, 2.75) is 39.7 Å². The Labute approximate surface area is 128 Å². The fourth-order valence-electron chi connectivity index (χ4n) is 1.98. The Balaban J connectivity index is 2.23. The van der Waals surface area contributed by atoms with Crippen molar-refractivity contribution in [1.29, 1.82) is 0 Å². The molecule has 0 aliphatic carbocycles. The Kier molecular flexibility index (Phi) is 9.66. The van der Waals surface area contributed by atoms with Gasteiger partial charge in [-0.1, -0.05) is 19.4 Å². The van der Waals surface area contributed by atoms with Gasteiger partial charge in [0.05, 0.1) is 13.7 Å². The molecule has 0 amide bonds. The molecule has 0 saturated carbocycles. The van der Waals surface area contributed by atoms with Crippen molar-refractivity contribution in [2.24, 2.45) is 0 Å². The predicted molar refractivity (Wildman–Crippen MR) is 86.2 cm³/mol. The molecule has 0 fully saturated rings. The molecule has 0 saturated heterocycles. The van der Waals surface area contributed by atoms with E-state index < -0.39 is 0 Å². The molecule has 1 rings (SSSR count). The Hall–Kier alpha value is -1.26. The molecule has 120 valence electrons. The molecule has 0 heterocycles. The van der Waals surface area contributed by atoms with Gasteiger partial charge in [-0.25, -0.2) is 0 Å². The lowest BCUT2D eigenvalue weighted by Crippen LogP contribution is -2.16. The van der Waals surface area contributed by atoms with Crippen LogP contribution in [0.5, 0.6) is 11.5 Å².